The molecule has 2 N–H and O–H groups in total. The van der Waals surface area contributed by atoms with Gasteiger partial charge >= 0.3 is 0 Å². The summed E-state index contributed by atoms with van der Waals surface area (Å²) in [7, 11) is 0. The summed E-state index contributed by atoms with van der Waals surface area (Å²) in [6.07, 6.45) is 0. The summed E-state index contributed by atoms with van der Waals surface area (Å²) in [4.78, 5) is 1.10. The zero-order valence-corrected chi connectivity index (χ0v) is 13.0. The lowest BCUT2D eigenvalue weighted by molar-refractivity contribution is 0.300. The Morgan fingerprint density at radius 1 is 1.39 bits per heavy atom. The molecule has 0 aliphatic heterocycles. The maximum atomic E-state index is 9.03. The Balaban J connectivity index is 2.68. The normalized spacial score (nSPS) is 13.7. The van der Waals surface area contributed by atoms with E-state index in [0.717, 1.165) is 22.0 Å². The molecule has 1 rings (SSSR count). The number of hydrogen-bond donors (Lipinski definition) is 2. The molecule has 0 radical (unpaired) electrons. The van der Waals surface area contributed by atoms with Crippen molar-refractivity contribution in [3.05, 3.63) is 28.8 Å². The van der Waals surface area contributed by atoms with E-state index < -0.39 is 0 Å². The SMILES string of the molecule is CC(CO)Sc1ccc(CNC(C)(C)C)c(Cl)c1. The third-order valence-electron chi connectivity index (χ3n) is 2.43. The molecule has 0 bridgehead atoms. The maximum absolute atomic E-state index is 9.03. The highest BCUT2D eigenvalue weighted by Gasteiger charge is 2.11. The quantitative estimate of drug-likeness (QED) is 0.810. The molecule has 102 valence electrons. The van der Waals surface area contributed by atoms with E-state index in [2.05, 4.69) is 32.2 Å². The van der Waals surface area contributed by atoms with Crippen molar-refractivity contribution in [1.82, 2.24) is 5.32 Å². The first-order valence-corrected chi connectivity index (χ1v) is 7.38. The van der Waals surface area contributed by atoms with Gasteiger partial charge in [-0.1, -0.05) is 24.6 Å². The molecule has 4 heteroatoms. The van der Waals surface area contributed by atoms with E-state index in [1.165, 1.54) is 0 Å². The third kappa shape index (κ3) is 5.61. The molecule has 0 saturated heterocycles. The number of halogens is 1. The molecule has 0 heterocycles. The minimum absolute atomic E-state index is 0.0855. The average Bonchev–Trinajstić information content (AvgIpc) is 2.26. The fourth-order valence-corrected chi connectivity index (χ4v) is 2.56. The molecule has 2 nitrogen and oxygen atoms in total. The second-order valence-corrected chi connectivity index (χ2v) is 7.39. The Kier molecular flexibility index (Phi) is 5.99. The van der Waals surface area contributed by atoms with Crippen molar-refractivity contribution < 1.29 is 5.11 Å². The van der Waals surface area contributed by atoms with E-state index in [-0.39, 0.29) is 17.4 Å². The van der Waals surface area contributed by atoms with Crippen LogP contribution in [0.3, 0.4) is 0 Å². The largest absolute Gasteiger partial charge is 0.395 e. The predicted octanol–water partition coefficient (Wildman–Crippen LogP) is 3.70. The van der Waals surface area contributed by atoms with Crippen molar-refractivity contribution in [3.8, 4) is 0 Å². The number of nitrogens with one attached hydrogen (secondary N) is 1. The minimum atomic E-state index is 0.0855. The Bertz CT molecular complexity index is 390. The second kappa shape index (κ2) is 6.80. The number of thioether (sulfide) groups is 1. The zero-order chi connectivity index (χ0) is 13.8. The monoisotopic (exact) mass is 287 g/mol. The van der Waals surface area contributed by atoms with Gasteiger partial charge in [0.2, 0.25) is 0 Å². The summed E-state index contributed by atoms with van der Waals surface area (Å²) in [5.74, 6) is 0. The molecule has 0 saturated carbocycles. The van der Waals surface area contributed by atoms with Crippen molar-refractivity contribution in [2.75, 3.05) is 6.61 Å². The second-order valence-electron chi connectivity index (χ2n) is 5.47. The zero-order valence-electron chi connectivity index (χ0n) is 11.5. The molecule has 0 aliphatic carbocycles. The van der Waals surface area contributed by atoms with Gasteiger partial charge in [0.1, 0.15) is 0 Å². The van der Waals surface area contributed by atoms with Crippen molar-refractivity contribution in [2.24, 2.45) is 0 Å². The first-order valence-electron chi connectivity index (χ1n) is 6.13. The van der Waals surface area contributed by atoms with Crippen LogP contribution in [0.15, 0.2) is 23.1 Å². The van der Waals surface area contributed by atoms with Crippen LogP contribution in [0.25, 0.3) is 0 Å². The molecule has 0 aliphatic rings. The van der Waals surface area contributed by atoms with Gasteiger partial charge < -0.3 is 10.4 Å². The standard InChI is InChI=1S/C14H22ClNOS/c1-10(9-17)18-12-6-5-11(13(15)7-12)8-16-14(2,3)4/h5-7,10,16-17H,8-9H2,1-4H3. The average molecular weight is 288 g/mol. The Hall–Kier alpha value is -0.220. The van der Waals surface area contributed by atoms with Gasteiger partial charge in [0.25, 0.3) is 0 Å². The van der Waals surface area contributed by atoms with Crippen molar-refractivity contribution in [1.29, 1.82) is 0 Å². The highest BCUT2D eigenvalue weighted by atomic mass is 35.5. The molecule has 1 unspecified atom stereocenters. The van der Waals surface area contributed by atoms with Gasteiger partial charge in [0.05, 0.1) is 6.61 Å². The van der Waals surface area contributed by atoms with Gasteiger partial charge in [0.15, 0.2) is 0 Å². The van der Waals surface area contributed by atoms with Crippen LogP contribution in [0, 0.1) is 0 Å². The molecule has 0 amide bonds. The van der Waals surface area contributed by atoms with Crippen molar-refractivity contribution >= 4 is 23.4 Å². The Morgan fingerprint density at radius 3 is 2.56 bits per heavy atom. The fraction of sp³-hybridized carbons (Fsp3) is 0.571. The van der Waals surface area contributed by atoms with Crippen molar-refractivity contribution in [3.63, 3.8) is 0 Å². The topological polar surface area (TPSA) is 32.3 Å². The predicted molar refractivity (Wildman–Crippen MR) is 80.4 cm³/mol. The summed E-state index contributed by atoms with van der Waals surface area (Å²) < 4.78 is 0. The number of aliphatic hydroxyl groups is 1. The number of benzene rings is 1. The van der Waals surface area contributed by atoms with E-state index in [0.29, 0.717) is 0 Å². The highest BCUT2D eigenvalue weighted by molar-refractivity contribution is 8.00. The van der Waals surface area contributed by atoms with Crippen LogP contribution >= 0.6 is 23.4 Å². The highest BCUT2D eigenvalue weighted by Crippen LogP contribution is 2.28. The van der Waals surface area contributed by atoms with Crippen molar-refractivity contribution in [2.45, 2.75) is 49.9 Å². The van der Waals surface area contributed by atoms with E-state index in [9.17, 15) is 0 Å². The fourth-order valence-electron chi connectivity index (χ4n) is 1.37. The summed E-state index contributed by atoms with van der Waals surface area (Å²) >= 11 is 7.90. The van der Waals surface area contributed by atoms with Crippen LogP contribution in [-0.4, -0.2) is 22.5 Å². The van der Waals surface area contributed by atoms with E-state index in [4.69, 9.17) is 16.7 Å². The third-order valence-corrected chi connectivity index (χ3v) is 3.86. The van der Waals surface area contributed by atoms with Gasteiger partial charge in [-0.2, -0.15) is 0 Å². The lowest BCUT2D eigenvalue weighted by Gasteiger charge is -2.21. The first kappa shape index (κ1) is 15.8. The molecule has 1 aromatic rings. The van der Waals surface area contributed by atoms with Gasteiger partial charge in [-0.25, -0.2) is 0 Å². The summed E-state index contributed by atoms with van der Waals surface area (Å²) in [6.45, 7) is 9.34. The number of rotatable bonds is 5. The number of hydrogen-bond acceptors (Lipinski definition) is 3. The lowest BCUT2D eigenvalue weighted by atomic mass is 10.1. The van der Waals surface area contributed by atoms with Crippen LogP contribution in [0.4, 0.5) is 0 Å². The summed E-state index contributed by atoms with van der Waals surface area (Å²) in [5, 5.41) is 13.4. The maximum Gasteiger partial charge on any atom is 0.0550 e. The molecule has 0 spiro atoms. The Labute approximate surface area is 119 Å². The smallest absolute Gasteiger partial charge is 0.0550 e. The van der Waals surface area contributed by atoms with Gasteiger partial charge in [0, 0.05) is 27.3 Å². The molecule has 1 aromatic carbocycles. The molecule has 0 fully saturated rings. The van der Waals surface area contributed by atoms with Crippen LogP contribution in [-0.2, 0) is 6.54 Å². The van der Waals surface area contributed by atoms with E-state index >= 15 is 0 Å². The lowest BCUT2D eigenvalue weighted by Crippen LogP contribution is -2.35. The van der Waals surface area contributed by atoms with Gasteiger partial charge in [-0.15, -0.1) is 11.8 Å². The molecule has 0 aromatic heterocycles. The van der Waals surface area contributed by atoms with Gasteiger partial charge in [-0.3, -0.25) is 0 Å². The minimum Gasteiger partial charge on any atom is -0.395 e. The molecule has 1 atom stereocenters. The number of aliphatic hydroxyl groups excluding tert-OH is 1. The Morgan fingerprint density at radius 2 is 2.06 bits per heavy atom. The van der Waals surface area contributed by atoms with Crippen LogP contribution in [0.2, 0.25) is 5.02 Å². The van der Waals surface area contributed by atoms with Gasteiger partial charge in [-0.05, 0) is 38.5 Å². The van der Waals surface area contributed by atoms with Crippen LogP contribution in [0.1, 0.15) is 33.3 Å². The summed E-state index contributed by atoms with van der Waals surface area (Å²) in [6, 6.07) is 6.08. The molecular formula is C14H22ClNOS. The molecule has 18 heavy (non-hydrogen) atoms. The summed E-state index contributed by atoms with van der Waals surface area (Å²) in [5.41, 5.74) is 1.19. The van der Waals surface area contributed by atoms with Crippen LogP contribution < -0.4 is 5.32 Å². The first-order chi connectivity index (χ1) is 8.31. The van der Waals surface area contributed by atoms with E-state index in [1.807, 2.05) is 19.1 Å². The van der Waals surface area contributed by atoms with Crippen LogP contribution in [0.5, 0.6) is 0 Å². The van der Waals surface area contributed by atoms with E-state index in [1.54, 1.807) is 11.8 Å². The molecular weight excluding hydrogens is 266 g/mol.